The van der Waals surface area contributed by atoms with Crippen molar-refractivity contribution >= 4 is 12.0 Å². The Morgan fingerprint density at radius 3 is 2.43 bits per heavy atom. The van der Waals surface area contributed by atoms with Gasteiger partial charge >= 0.3 is 12.3 Å². The highest BCUT2D eigenvalue weighted by molar-refractivity contribution is 5.76. The zero-order chi connectivity index (χ0) is 17.7. The first kappa shape index (κ1) is 19.6. The molecular weight excluding hydrogens is 313 g/mol. The smallest absolute Gasteiger partial charge is 0.410 e. The lowest BCUT2D eigenvalue weighted by Gasteiger charge is -2.24. The predicted molar refractivity (Wildman–Crippen MR) is 78.9 cm³/mol. The summed E-state index contributed by atoms with van der Waals surface area (Å²) in [5.41, 5.74) is -0.573. The third-order valence-electron chi connectivity index (χ3n) is 3.32. The minimum atomic E-state index is -4.17. The molecule has 1 aliphatic rings. The number of hydrogen-bond acceptors (Lipinski definition) is 3. The molecule has 1 aliphatic heterocycles. The second-order valence-corrected chi connectivity index (χ2v) is 6.80. The van der Waals surface area contributed by atoms with Crippen LogP contribution >= 0.6 is 0 Å². The SMILES string of the molecule is CC(C)(C)OC(=O)N1CC[C@H](NC(=O)CCCCC(F)(F)F)C1. The molecule has 0 spiro atoms. The number of rotatable bonds is 5. The van der Waals surface area contributed by atoms with Gasteiger partial charge < -0.3 is 15.0 Å². The first-order chi connectivity index (χ1) is 10.5. The largest absolute Gasteiger partial charge is 0.444 e. The molecule has 0 aromatic carbocycles. The van der Waals surface area contributed by atoms with E-state index in [1.165, 1.54) is 4.90 Å². The molecule has 0 bridgehead atoms. The van der Waals surface area contributed by atoms with Gasteiger partial charge in [-0.15, -0.1) is 0 Å². The van der Waals surface area contributed by atoms with Gasteiger partial charge in [-0.1, -0.05) is 0 Å². The monoisotopic (exact) mass is 338 g/mol. The molecule has 0 aliphatic carbocycles. The summed E-state index contributed by atoms with van der Waals surface area (Å²) in [6.45, 7) is 6.20. The van der Waals surface area contributed by atoms with Gasteiger partial charge in [0, 0.05) is 32.0 Å². The summed E-state index contributed by atoms with van der Waals surface area (Å²) in [6.07, 6.45) is -4.61. The second-order valence-electron chi connectivity index (χ2n) is 6.80. The molecule has 1 saturated heterocycles. The standard InChI is InChI=1S/C15H25F3N2O3/c1-14(2,3)23-13(22)20-9-7-11(10-20)19-12(21)6-4-5-8-15(16,17)18/h11H,4-10H2,1-3H3,(H,19,21)/t11-/m0/s1. The molecule has 0 unspecified atom stereocenters. The third-order valence-corrected chi connectivity index (χ3v) is 3.32. The van der Waals surface area contributed by atoms with Crippen molar-refractivity contribution in [2.24, 2.45) is 0 Å². The van der Waals surface area contributed by atoms with E-state index >= 15 is 0 Å². The summed E-state index contributed by atoms with van der Waals surface area (Å²) in [5.74, 6) is -0.275. The van der Waals surface area contributed by atoms with E-state index in [2.05, 4.69) is 5.32 Å². The van der Waals surface area contributed by atoms with Gasteiger partial charge in [0.25, 0.3) is 0 Å². The van der Waals surface area contributed by atoms with Crippen molar-refractivity contribution in [3.05, 3.63) is 0 Å². The average Bonchev–Trinajstić information content (AvgIpc) is 2.80. The zero-order valence-corrected chi connectivity index (χ0v) is 13.8. The van der Waals surface area contributed by atoms with Crippen molar-refractivity contribution in [1.82, 2.24) is 10.2 Å². The Bertz CT molecular complexity index is 419. The third kappa shape index (κ3) is 8.66. The number of carbonyl (C=O) groups excluding carboxylic acids is 2. The van der Waals surface area contributed by atoms with E-state index in [1.54, 1.807) is 20.8 Å². The fourth-order valence-electron chi connectivity index (χ4n) is 2.28. The quantitative estimate of drug-likeness (QED) is 0.783. The van der Waals surface area contributed by atoms with Gasteiger partial charge in [-0.05, 0) is 40.0 Å². The normalized spacial score (nSPS) is 18.9. The number of nitrogens with one attached hydrogen (secondary N) is 1. The molecular formula is C15H25F3N2O3. The summed E-state index contributed by atoms with van der Waals surface area (Å²) in [6, 6.07) is -0.169. The molecule has 134 valence electrons. The Morgan fingerprint density at radius 1 is 1.22 bits per heavy atom. The lowest BCUT2D eigenvalue weighted by molar-refractivity contribution is -0.136. The summed E-state index contributed by atoms with van der Waals surface area (Å²) in [5, 5.41) is 2.75. The average molecular weight is 338 g/mol. The van der Waals surface area contributed by atoms with Crippen molar-refractivity contribution in [3.63, 3.8) is 0 Å². The van der Waals surface area contributed by atoms with Gasteiger partial charge in [-0.25, -0.2) is 4.79 Å². The summed E-state index contributed by atoms with van der Waals surface area (Å²) in [7, 11) is 0. The van der Waals surface area contributed by atoms with Gasteiger partial charge in [-0.2, -0.15) is 13.2 Å². The van der Waals surface area contributed by atoms with Crippen LogP contribution in [0.2, 0.25) is 0 Å². The van der Waals surface area contributed by atoms with Crippen LogP contribution in [-0.2, 0) is 9.53 Å². The lowest BCUT2D eigenvalue weighted by atomic mass is 10.1. The number of carbonyl (C=O) groups is 2. The van der Waals surface area contributed by atoms with Crippen molar-refractivity contribution in [1.29, 1.82) is 0 Å². The van der Waals surface area contributed by atoms with Crippen LogP contribution in [0.1, 0.15) is 52.9 Å². The van der Waals surface area contributed by atoms with E-state index < -0.39 is 24.3 Å². The van der Waals surface area contributed by atoms with Crippen LogP contribution in [0, 0.1) is 0 Å². The molecule has 2 amide bonds. The molecule has 23 heavy (non-hydrogen) atoms. The molecule has 0 radical (unpaired) electrons. The predicted octanol–water partition coefficient (Wildman–Crippen LogP) is 3.23. The van der Waals surface area contributed by atoms with E-state index in [4.69, 9.17) is 4.74 Å². The van der Waals surface area contributed by atoms with Crippen molar-refractivity contribution < 1.29 is 27.5 Å². The van der Waals surface area contributed by atoms with Crippen LogP contribution in [0.15, 0.2) is 0 Å². The second kappa shape index (κ2) is 7.88. The summed E-state index contributed by atoms with van der Waals surface area (Å²) < 4.78 is 41.2. The lowest BCUT2D eigenvalue weighted by Crippen LogP contribution is -2.40. The van der Waals surface area contributed by atoms with E-state index in [1.807, 2.05) is 0 Å². The first-order valence-corrected chi connectivity index (χ1v) is 7.80. The number of halogens is 3. The number of hydrogen-bond donors (Lipinski definition) is 1. The molecule has 1 fully saturated rings. The minimum absolute atomic E-state index is 0.0500. The topological polar surface area (TPSA) is 58.6 Å². The minimum Gasteiger partial charge on any atom is -0.444 e. The highest BCUT2D eigenvalue weighted by atomic mass is 19.4. The van der Waals surface area contributed by atoms with E-state index in [0.29, 0.717) is 19.5 Å². The molecule has 1 rings (SSSR count). The van der Waals surface area contributed by atoms with Crippen molar-refractivity contribution in [2.75, 3.05) is 13.1 Å². The maximum atomic E-state index is 12.0. The highest BCUT2D eigenvalue weighted by Crippen LogP contribution is 2.22. The maximum Gasteiger partial charge on any atom is 0.410 e. The molecule has 1 heterocycles. The number of alkyl halides is 3. The molecule has 0 saturated carbocycles. The van der Waals surface area contributed by atoms with E-state index in [-0.39, 0.29) is 31.2 Å². The van der Waals surface area contributed by atoms with Gasteiger partial charge in [0.1, 0.15) is 5.60 Å². The van der Waals surface area contributed by atoms with Crippen LogP contribution in [0.5, 0.6) is 0 Å². The van der Waals surface area contributed by atoms with E-state index in [9.17, 15) is 22.8 Å². The van der Waals surface area contributed by atoms with Crippen LogP contribution in [-0.4, -0.2) is 47.8 Å². The molecule has 5 nitrogen and oxygen atoms in total. The van der Waals surface area contributed by atoms with Gasteiger partial charge in [-0.3, -0.25) is 4.79 Å². The highest BCUT2D eigenvalue weighted by Gasteiger charge is 2.30. The van der Waals surface area contributed by atoms with Crippen molar-refractivity contribution in [2.45, 2.75) is 70.7 Å². The Labute approximate surface area is 134 Å². The summed E-state index contributed by atoms with van der Waals surface area (Å²) >= 11 is 0. The zero-order valence-electron chi connectivity index (χ0n) is 13.8. The molecule has 0 aromatic heterocycles. The van der Waals surface area contributed by atoms with Crippen LogP contribution in [0.25, 0.3) is 0 Å². The maximum absolute atomic E-state index is 12.0. The Kier molecular flexibility index (Phi) is 6.70. The number of unbranched alkanes of at least 4 members (excludes halogenated alkanes) is 1. The van der Waals surface area contributed by atoms with Gasteiger partial charge in [0.15, 0.2) is 0 Å². The Balaban J connectivity index is 2.24. The van der Waals surface area contributed by atoms with Crippen LogP contribution in [0.3, 0.4) is 0 Å². The number of amides is 2. The van der Waals surface area contributed by atoms with Crippen LogP contribution < -0.4 is 5.32 Å². The van der Waals surface area contributed by atoms with Gasteiger partial charge in [0.2, 0.25) is 5.91 Å². The molecule has 0 aromatic rings. The van der Waals surface area contributed by atoms with Gasteiger partial charge in [0.05, 0.1) is 0 Å². The summed E-state index contributed by atoms with van der Waals surface area (Å²) in [4.78, 5) is 25.1. The van der Waals surface area contributed by atoms with Crippen LogP contribution in [0.4, 0.5) is 18.0 Å². The Hall–Kier alpha value is -1.47. The first-order valence-electron chi connectivity index (χ1n) is 7.80. The fourth-order valence-corrected chi connectivity index (χ4v) is 2.28. The number of ether oxygens (including phenoxy) is 1. The molecule has 8 heteroatoms. The van der Waals surface area contributed by atoms with Crippen molar-refractivity contribution in [3.8, 4) is 0 Å². The number of nitrogens with zero attached hydrogens (tertiary/aromatic N) is 1. The molecule has 1 N–H and O–H groups in total. The molecule has 1 atom stereocenters. The van der Waals surface area contributed by atoms with E-state index in [0.717, 1.165) is 0 Å². The fraction of sp³-hybridized carbons (Fsp3) is 0.867. The Morgan fingerprint density at radius 2 is 1.87 bits per heavy atom. The number of likely N-dealkylation sites (tertiary alicyclic amines) is 1.